The monoisotopic (exact) mass is 324 g/mol. The molecule has 120 valence electrons. The van der Waals surface area contributed by atoms with Gasteiger partial charge in [-0.3, -0.25) is 4.79 Å². The molecular weight excluding hydrogens is 304 g/mol. The second kappa shape index (κ2) is 6.62. The molecule has 0 radical (unpaired) electrons. The summed E-state index contributed by atoms with van der Waals surface area (Å²) in [7, 11) is 1.94. The van der Waals surface area contributed by atoms with Gasteiger partial charge in [-0.15, -0.1) is 12.4 Å². The SMILES string of the molecule is CNC1CCCN(C(=O)c2cc(C)nc3onc(C)c23)C1.Cl. The zero-order valence-electron chi connectivity index (χ0n) is 13.0. The zero-order chi connectivity index (χ0) is 15.0. The number of pyridine rings is 1. The molecule has 1 amide bonds. The first-order valence-corrected chi connectivity index (χ1v) is 7.30. The van der Waals surface area contributed by atoms with E-state index in [0.29, 0.717) is 23.0 Å². The Balaban J connectivity index is 0.00000176. The Hall–Kier alpha value is -1.66. The molecule has 0 bridgehead atoms. The molecule has 0 aromatic carbocycles. The molecule has 1 unspecified atom stereocenters. The van der Waals surface area contributed by atoms with Gasteiger partial charge in [-0.05, 0) is 39.8 Å². The Bertz CT molecular complexity index is 685. The molecule has 6 nitrogen and oxygen atoms in total. The highest BCUT2D eigenvalue weighted by molar-refractivity contribution is 6.06. The fourth-order valence-electron chi connectivity index (χ4n) is 2.95. The number of aryl methyl sites for hydroxylation is 2. The van der Waals surface area contributed by atoms with E-state index in [1.54, 1.807) is 0 Å². The van der Waals surface area contributed by atoms with Crippen molar-refractivity contribution in [3.05, 3.63) is 23.0 Å². The maximum absolute atomic E-state index is 12.9. The molecular formula is C15H21ClN4O2. The molecule has 2 aromatic rings. The summed E-state index contributed by atoms with van der Waals surface area (Å²) < 4.78 is 5.21. The molecule has 1 aliphatic heterocycles. The van der Waals surface area contributed by atoms with Crippen LogP contribution in [0.4, 0.5) is 0 Å². The van der Waals surface area contributed by atoms with E-state index in [9.17, 15) is 4.79 Å². The molecule has 3 heterocycles. The second-order valence-electron chi connectivity index (χ2n) is 5.64. The minimum atomic E-state index is 0. The number of aromatic nitrogens is 2. The smallest absolute Gasteiger partial charge is 0.258 e. The number of likely N-dealkylation sites (N-methyl/N-ethyl adjacent to an activating group) is 1. The van der Waals surface area contributed by atoms with E-state index < -0.39 is 0 Å². The molecule has 0 aliphatic carbocycles. The van der Waals surface area contributed by atoms with Crippen LogP contribution in [0.3, 0.4) is 0 Å². The van der Waals surface area contributed by atoms with Crippen molar-refractivity contribution >= 4 is 29.4 Å². The van der Waals surface area contributed by atoms with Gasteiger partial charge in [-0.2, -0.15) is 0 Å². The molecule has 1 saturated heterocycles. The first kappa shape index (κ1) is 16.7. The number of halogens is 1. The normalized spacial score (nSPS) is 18.3. The standard InChI is InChI=1S/C15H20N4O2.ClH/c1-9-7-12(13-10(2)18-21-14(13)17-9)15(20)19-6-4-5-11(8-19)16-3;/h7,11,16H,4-6,8H2,1-3H3;1H. The Kier molecular flexibility index (Phi) is 5.03. The van der Waals surface area contributed by atoms with Gasteiger partial charge in [0.05, 0.1) is 16.6 Å². The summed E-state index contributed by atoms with van der Waals surface area (Å²) in [5.74, 6) is 0.0387. The first-order valence-electron chi connectivity index (χ1n) is 7.30. The quantitative estimate of drug-likeness (QED) is 0.915. The molecule has 2 aromatic heterocycles. The van der Waals surface area contributed by atoms with Crippen molar-refractivity contribution in [2.75, 3.05) is 20.1 Å². The lowest BCUT2D eigenvalue weighted by molar-refractivity contribution is 0.0700. The van der Waals surface area contributed by atoms with Crippen LogP contribution < -0.4 is 5.32 Å². The Morgan fingerprint density at radius 2 is 2.23 bits per heavy atom. The van der Waals surface area contributed by atoms with Gasteiger partial charge in [0.25, 0.3) is 11.6 Å². The lowest BCUT2D eigenvalue weighted by Gasteiger charge is -2.32. The zero-order valence-corrected chi connectivity index (χ0v) is 13.9. The summed E-state index contributed by atoms with van der Waals surface area (Å²) in [6, 6.07) is 2.20. The minimum Gasteiger partial charge on any atom is -0.337 e. The van der Waals surface area contributed by atoms with Crippen LogP contribution in [-0.2, 0) is 0 Å². The van der Waals surface area contributed by atoms with E-state index >= 15 is 0 Å². The molecule has 1 aliphatic rings. The molecule has 3 rings (SSSR count). The van der Waals surface area contributed by atoms with E-state index in [1.165, 1.54) is 0 Å². The number of piperidine rings is 1. The van der Waals surface area contributed by atoms with Gasteiger partial charge in [0.1, 0.15) is 0 Å². The van der Waals surface area contributed by atoms with E-state index in [0.717, 1.165) is 37.0 Å². The van der Waals surface area contributed by atoms with Crippen molar-refractivity contribution in [2.45, 2.75) is 32.7 Å². The van der Waals surface area contributed by atoms with Crippen molar-refractivity contribution in [1.29, 1.82) is 0 Å². The van der Waals surface area contributed by atoms with Gasteiger partial charge >= 0.3 is 0 Å². The fourth-order valence-corrected chi connectivity index (χ4v) is 2.95. The summed E-state index contributed by atoms with van der Waals surface area (Å²) in [6.45, 7) is 5.24. The van der Waals surface area contributed by atoms with Gasteiger partial charge in [-0.25, -0.2) is 4.98 Å². The first-order chi connectivity index (χ1) is 10.1. The predicted molar refractivity (Wildman–Crippen MR) is 86.5 cm³/mol. The van der Waals surface area contributed by atoms with Gasteiger partial charge in [-0.1, -0.05) is 5.16 Å². The largest absolute Gasteiger partial charge is 0.337 e. The number of hydrogen-bond acceptors (Lipinski definition) is 5. The maximum Gasteiger partial charge on any atom is 0.258 e. The van der Waals surface area contributed by atoms with Crippen LogP contribution in [0.15, 0.2) is 10.6 Å². The van der Waals surface area contributed by atoms with Gasteiger partial charge < -0.3 is 14.7 Å². The number of carbonyl (C=O) groups excluding carboxylic acids is 1. The number of nitrogens with one attached hydrogen (secondary N) is 1. The van der Waals surface area contributed by atoms with E-state index in [4.69, 9.17) is 4.52 Å². The number of fused-ring (bicyclic) bond motifs is 1. The Morgan fingerprint density at radius 3 is 2.95 bits per heavy atom. The van der Waals surface area contributed by atoms with Crippen LogP contribution in [-0.4, -0.2) is 47.1 Å². The van der Waals surface area contributed by atoms with Gasteiger partial charge in [0.2, 0.25) is 0 Å². The summed E-state index contributed by atoms with van der Waals surface area (Å²) in [4.78, 5) is 19.1. The van der Waals surface area contributed by atoms with Crippen LogP contribution in [0.2, 0.25) is 0 Å². The van der Waals surface area contributed by atoms with Gasteiger partial charge in [0, 0.05) is 24.8 Å². The van der Waals surface area contributed by atoms with Gasteiger partial charge in [0.15, 0.2) is 0 Å². The van der Waals surface area contributed by atoms with Crippen molar-refractivity contribution < 1.29 is 9.32 Å². The highest BCUT2D eigenvalue weighted by Gasteiger charge is 2.26. The molecule has 1 N–H and O–H groups in total. The Labute approximate surface area is 135 Å². The number of nitrogens with zero attached hydrogens (tertiary/aromatic N) is 3. The van der Waals surface area contributed by atoms with E-state index in [2.05, 4.69) is 15.5 Å². The number of carbonyl (C=O) groups is 1. The topological polar surface area (TPSA) is 71.3 Å². The average molecular weight is 325 g/mol. The molecule has 0 saturated carbocycles. The van der Waals surface area contributed by atoms with E-state index in [1.807, 2.05) is 31.9 Å². The molecule has 7 heteroatoms. The van der Waals surface area contributed by atoms with Crippen LogP contribution in [0.1, 0.15) is 34.6 Å². The number of amides is 1. The molecule has 1 fully saturated rings. The van der Waals surface area contributed by atoms with Crippen molar-refractivity contribution in [1.82, 2.24) is 20.4 Å². The van der Waals surface area contributed by atoms with Crippen molar-refractivity contribution in [2.24, 2.45) is 0 Å². The lowest BCUT2D eigenvalue weighted by atomic mass is 10.0. The highest BCUT2D eigenvalue weighted by Crippen LogP contribution is 2.24. The third-order valence-electron chi connectivity index (χ3n) is 4.09. The van der Waals surface area contributed by atoms with Crippen LogP contribution >= 0.6 is 12.4 Å². The fraction of sp³-hybridized carbons (Fsp3) is 0.533. The average Bonchev–Trinajstić information content (AvgIpc) is 2.87. The molecule has 22 heavy (non-hydrogen) atoms. The summed E-state index contributed by atoms with van der Waals surface area (Å²) in [5, 5.41) is 7.93. The summed E-state index contributed by atoms with van der Waals surface area (Å²) in [5.41, 5.74) is 2.57. The second-order valence-corrected chi connectivity index (χ2v) is 5.64. The third-order valence-corrected chi connectivity index (χ3v) is 4.09. The maximum atomic E-state index is 12.9. The van der Waals surface area contributed by atoms with Crippen LogP contribution in [0, 0.1) is 13.8 Å². The number of rotatable bonds is 2. The highest BCUT2D eigenvalue weighted by atomic mass is 35.5. The molecule has 0 spiro atoms. The minimum absolute atomic E-state index is 0. The van der Waals surface area contributed by atoms with Crippen LogP contribution in [0.5, 0.6) is 0 Å². The van der Waals surface area contributed by atoms with Crippen LogP contribution in [0.25, 0.3) is 11.1 Å². The van der Waals surface area contributed by atoms with Crippen molar-refractivity contribution in [3.8, 4) is 0 Å². The van der Waals surface area contributed by atoms with E-state index in [-0.39, 0.29) is 18.3 Å². The predicted octanol–water partition coefficient (Wildman–Crippen LogP) is 2.09. The molecule has 1 atom stereocenters. The summed E-state index contributed by atoms with van der Waals surface area (Å²) >= 11 is 0. The Morgan fingerprint density at radius 1 is 1.45 bits per heavy atom. The number of hydrogen-bond donors (Lipinski definition) is 1. The summed E-state index contributed by atoms with van der Waals surface area (Å²) in [6.07, 6.45) is 2.13. The lowest BCUT2D eigenvalue weighted by Crippen LogP contribution is -2.47. The van der Waals surface area contributed by atoms with Crippen molar-refractivity contribution in [3.63, 3.8) is 0 Å². The third kappa shape index (κ3) is 2.94. The number of likely N-dealkylation sites (tertiary alicyclic amines) is 1.